The zero-order valence-corrected chi connectivity index (χ0v) is 6.79. The zero-order valence-electron chi connectivity index (χ0n) is 6.79. The third-order valence-electron chi connectivity index (χ3n) is 1.13. The summed E-state index contributed by atoms with van der Waals surface area (Å²) in [5.74, 6) is 0. The molecule has 0 bridgehead atoms. The SMILES string of the molecule is C=C/C=C\C=C/CCC(=C)N. The van der Waals surface area contributed by atoms with E-state index in [2.05, 4.69) is 19.2 Å². The van der Waals surface area contributed by atoms with Crippen molar-refractivity contribution in [2.24, 2.45) is 5.73 Å². The number of nitrogens with two attached hydrogens (primary N) is 1. The summed E-state index contributed by atoms with van der Waals surface area (Å²) in [6.07, 6.45) is 11.4. The fourth-order valence-corrected chi connectivity index (χ4v) is 0.586. The molecule has 0 aliphatic heterocycles. The first-order valence-corrected chi connectivity index (χ1v) is 3.65. The van der Waals surface area contributed by atoms with Crippen molar-refractivity contribution >= 4 is 0 Å². The van der Waals surface area contributed by atoms with Gasteiger partial charge < -0.3 is 5.73 Å². The molecule has 0 saturated heterocycles. The smallest absolute Gasteiger partial charge is 0.00105 e. The van der Waals surface area contributed by atoms with Crippen LogP contribution < -0.4 is 5.73 Å². The van der Waals surface area contributed by atoms with Crippen molar-refractivity contribution in [2.45, 2.75) is 12.8 Å². The van der Waals surface area contributed by atoms with Crippen LogP contribution in [0, 0.1) is 0 Å². The summed E-state index contributed by atoms with van der Waals surface area (Å²) in [6, 6.07) is 0. The molecule has 60 valence electrons. The van der Waals surface area contributed by atoms with Gasteiger partial charge in [0.25, 0.3) is 0 Å². The van der Waals surface area contributed by atoms with Gasteiger partial charge in [-0.05, 0) is 12.8 Å². The normalized spacial score (nSPS) is 10.9. The van der Waals surface area contributed by atoms with E-state index in [1.165, 1.54) is 0 Å². The van der Waals surface area contributed by atoms with E-state index in [9.17, 15) is 0 Å². The first-order chi connectivity index (χ1) is 5.27. The Hall–Kier alpha value is -1.24. The highest BCUT2D eigenvalue weighted by molar-refractivity contribution is 5.09. The molecule has 0 aromatic carbocycles. The van der Waals surface area contributed by atoms with E-state index in [1.807, 2.05) is 18.2 Å². The van der Waals surface area contributed by atoms with Gasteiger partial charge in [0, 0.05) is 5.70 Å². The molecule has 0 amide bonds. The average Bonchev–Trinajstić information content (AvgIpc) is 1.96. The largest absolute Gasteiger partial charge is 0.403 e. The van der Waals surface area contributed by atoms with Gasteiger partial charge in [-0.25, -0.2) is 0 Å². The molecule has 0 aliphatic rings. The maximum absolute atomic E-state index is 5.37. The fraction of sp³-hybridized carbons (Fsp3) is 0.200. The highest BCUT2D eigenvalue weighted by atomic mass is 14.5. The van der Waals surface area contributed by atoms with Crippen LogP contribution in [0.15, 0.2) is 49.2 Å². The Bertz CT molecular complexity index is 175. The number of rotatable bonds is 5. The summed E-state index contributed by atoms with van der Waals surface area (Å²) in [5, 5.41) is 0. The lowest BCUT2D eigenvalue weighted by Gasteiger charge is -1.91. The molecule has 0 rings (SSSR count). The molecule has 0 atom stereocenters. The second-order valence-corrected chi connectivity index (χ2v) is 2.25. The van der Waals surface area contributed by atoms with Gasteiger partial charge in [-0.15, -0.1) is 0 Å². The Morgan fingerprint density at radius 2 is 2.00 bits per heavy atom. The zero-order chi connectivity index (χ0) is 8.53. The van der Waals surface area contributed by atoms with Gasteiger partial charge in [0.05, 0.1) is 0 Å². The van der Waals surface area contributed by atoms with E-state index in [0.717, 1.165) is 18.5 Å². The Balaban J connectivity index is 3.37. The summed E-state index contributed by atoms with van der Waals surface area (Å²) in [5.41, 5.74) is 6.11. The molecule has 0 spiro atoms. The highest BCUT2D eigenvalue weighted by Gasteiger charge is 1.80. The first kappa shape index (κ1) is 9.76. The van der Waals surface area contributed by atoms with Crippen LogP contribution in [0.1, 0.15) is 12.8 Å². The van der Waals surface area contributed by atoms with Gasteiger partial charge >= 0.3 is 0 Å². The van der Waals surface area contributed by atoms with Crippen LogP contribution >= 0.6 is 0 Å². The van der Waals surface area contributed by atoms with E-state index in [-0.39, 0.29) is 0 Å². The van der Waals surface area contributed by atoms with Gasteiger partial charge in [0.2, 0.25) is 0 Å². The molecule has 0 saturated carbocycles. The topological polar surface area (TPSA) is 26.0 Å². The number of hydrogen-bond acceptors (Lipinski definition) is 1. The van der Waals surface area contributed by atoms with Crippen LogP contribution in [0.3, 0.4) is 0 Å². The van der Waals surface area contributed by atoms with E-state index < -0.39 is 0 Å². The van der Waals surface area contributed by atoms with Crippen LogP contribution in [-0.4, -0.2) is 0 Å². The standard InChI is InChI=1S/C10H15N/c1-3-4-5-6-7-8-9-10(2)11/h3-7H,1-2,8-9,11H2/b5-4-,7-6-. The van der Waals surface area contributed by atoms with Crippen molar-refractivity contribution in [1.29, 1.82) is 0 Å². The first-order valence-electron chi connectivity index (χ1n) is 3.65. The van der Waals surface area contributed by atoms with Crippen LogP contribution in [0.4, 0.5) is 0 Å². The molecular formula is C10H15N. The van der Waals surface area contributed by atoms with Crippen molar-refractivity contribution in [2.75, 3.05) is 0 Å². The van der Waals surface area contributed by atoms with Gasteiger partial charge in [-0.1, -0.05) is 43.5 Å². The molecular weight excluding hydrogens is 134 g/mol. The van der Waals surface area contributed by atoms with Gasteiger partial charge in [-0.2, -0.15) is 0 Å². The maximum Gasteiger partial charge on any atom is 0.00105 e. The second kappa shape index (κ2) is 6.87. The van der Waals surface area contributed by atoms with Crippen molar-refractivity contribution in [3.8, 4) is 0 Å². The molecule has 0 fully saturated rings. The van der Waals surface area contributed by atoms with E-state index >= 15 is 0 Å². The minimum absolute atomic E-state index is 0.738. The van der Waals surface area contributed by atoms with Crippen molar-refractivity contribution in [1.82, 2.24) is 0 Å². The van der Waals surface area contributed by atoms with E-state index in [0.29, 0.717) is 0 Å². The summed E-state index contributed by atoms with van der Waals surface area (Å²) in [4.78, 5) is 0. The molecule has 0 unspecified atom stereocenters. The molecule has 0 aromatic rings. The minimum Gasteiger partial charge on any atom is -0.403 e. The third kappa shape index (κ3) is 8.76. The van der Waals surface area contributed by atoms with Gasteiger partial charge in [0.1, 0.15) is 0 Å². The van der Waals surface area contributed by atoms with Gasteiger partial charge in [-0.3, -0.25) is 0 Å². The molecule has 1 nitrogen and oxygen atoms in total. The summed E-state index contributed by atoms with van der Waals surface area (Å²) in [7, 11) is 0. The molecule has 0 aromatic heterocycles. The summed E-state index contributed by atoms with van der Waals surface area (Å²) < 4.78 is 0. The Labute approximate surface area is 68.6 Å². The van der Waals surface area contributed by atoms with Crippen LogP contribution in [-0.2, 0) is 0 Å². The Morgan fingerprint density at radius 1 is 1.27 bits per heavy atom. The number of allylic oxidation sites excluding steroid dienone is 6. The second-order valence-electron chi connectivity index (χ2n) is 2.25. The lowest BCUT2D eigenvalue weighted by molar-refractivity contribution is 0.966. The predicted molar refractivity (Wildman–Crippen MR) is 51.0 cm³/mol. The Morgan fingerprint density at radius 3 is 2.55 bits per heavy atom. The molecule has 11 heavy (non-hydrogen) atoms. The third-order valence-corrected chi connectivity index (χ3v) is 1.13. The lowest BCUT2D eigenvalue weighted by Crippen LogP contribution is -1.92. The Kier molecular flexibility index (Phi) is 6.10. The average molecular weight is 149 g/mol. The maximum atomic E-state index is 5.37. The molecule has 1 heteroatoms. The molecule has 2 N–H and O–H groups in total. The van der Waals surface area contributed by atoms with E-state index in [4.69, 9.17) is 5.73 Å². The minimum atomic E-state index is 0.738. The van der Waals surface area contributed by atoms with E-state index in [1.54, 1.807) is 6.08 Å². The molecule has 0 radical (unpaired) electrons. The van der Waals surface area contributed by atoms with Gasteiger partial charge in [0.15, 0.2) is 0 Å². The number of hydrogen-bond donors (Lipinski definition) is 1. The predicted octanol–water partition coefficient (Wildman–Crippen LogP) is 2.54. The van der Waals surface area contributed by atoms with Crippen molar-refractivity contribution in [3.63, 3.8) is 0 Å². The quantitative estimate of drug-likeness (QED) is 0.597. The monoisotopic (exact) mass is 149 g/mol. The molecule has 0 heterocycles. The molecule has 0 aliphatic carbocycles. The summed E-state index contributed by atoms with van der Waals surface area (Å²) >= 11 is 0. The van der Waals surface area contributed by atoms with Crippen molar-refractivity contribution in [3.05, 3.63) is 49.2 Å². The summed E-state index contributed by atoms with van der Waals surface area (Å²) in [6.45, 7) is 7.15. The van der Waals surface area contributed by atoms with Crippen LogP contribution in [0.25, 0.3) is 0 Å². The fourth-order valence-electron chi connectivity index (χ4n) is 0.586. The van der Waals surface area contributed by atoms with Crippen molar-refractivity contribution < 1.29 is 0 Å². The highest BCUT2D eigenvalue weighted by Crippen LogP contribution is 1.95. The van der Waals surface area contributed by atoms with Crippen LogP contribution in [0.2, 0.25) is 0 Å². The lowest BCUT2D eigenvalue weighted by atomic mass is 10.2. The van der Waals surface area contributed by atoms with Crippen LogP contribution in [0.5, 0.6) is 0 Å².